The van der Waals surface area contributed by atoms with E-state index in [2.05, 4.69) is 0 Å². The SMILES string of the molecule is O=C1C[C@H]2CC(=O)[C@H]3C(O)C[C@@H]1[C@@]23c1ccccc1. The van der Waals surface area contributed by atoms with Gasteiger partial charge in [0.1, 0.15) is 11.6 Å². The predicted octanol–water partition coefficient (Wildman–Crippen LogP) is 1.48. The summed E-state index contributed by atoms with van der Waals surface area (Å²) in [6.07, 6.45) is 0.778. The maximum absolute atomic E-state index is 12.3. The maximum Gasteiger partial charge on any atom is 0.139 e. The molecule has 1 N–H and O–H groups in total. The highest BCUT2D eigenvalue weighted by Gasteiger charge is 2.70. The van der Waals surface area contributed by atoms with Gasteiger partial charge in [-0.1, -0.05) is 30.3 Å². The molecule has 5 atom stereocenters. The van der Waals surface area contributed by atoms with Gasteiger partial charge in [0.15, 0.2) is 0 Å². The highest BCUT2D eigenvalue weighted by atomic mass is 16.3. The zero-order valence-electron chi connectivity index (χ0n) is 10.6. The Morgan fingerprint density at radius 2 is 1.74 bits per heavy atom. The monoisotopic (exact) mass is 256 g/mol. The predicted molar refractivity (Wildman–Crippen MR) is 68.5 cm³/mol. The molecule has 0 aromatic heterocycles. The minimum Gasteiger partial charge on any atom is -0.392 e. The summed E-state index contributed by atoms with van der Waals surface area (Å²) in [7, 11) is 0. The van der Waals surface area contributed by atoms with Crippen LogP contribution in [0.5, 0.6) is 0 Å². The summed E-state index contributed by atoms with van der Waals surface area (Å²) in [6.45, 7) is 0. The Morgan fingerprint density at radius 3 is 2.47 bits per heavy atom. The molecule has 1 unspecified atom stereocenters. The molecule has 3 fully saturated rings. The Morgan fingerprint density at radius 1 is 1.05 bits per heavy atom. The fourth-order valence-electron chi connectivity index (χ4n) is 5.03. The largest absolute Gasteiger partial charge is 0.392 e. The van der Waals surface area contributed by atoms with Crippen LogP contribution in [0, 0.1) is 17.8 Å². The number of aliphatic hydroxyl groups excluding tert-OH is 1. The Hall–Kier alpha value is -1.48. The van der Waals surface area contributed by atoms with Crippen LogP contribution in [-0.4, -0.2) is 22.8 Å². The Bertz CT molecular complexity index is 565. The minimum atomic E-state index is -0.646. The average molecular weight is 256 g/mol. The van der Waals surface area contributed by atoms with Crippen LogP contribution in [0.25, 0.3) is 0 Å². The minimum absolute atomic E-state index is 0.0991. The summed E-state index contributed by atoms with van der Waals surface area (Å²) in [5.74, 6) is -0.0380. The topological polar surface area (TPSA) is 54.4 Å². The lowest BCUT2D eigenvalue weighted by Crippen LogP contribution is -2.38. The van der Waals surface area contributed by atoms with Crippen molar-refractivity contribution in [2.24, 2.45) is 17.8 Å². The van der Waals surface area contributed by atoms with Crippen molar-refractivity contribution in [2.75, 3.05) is 0 Å². The summed E-state index contributed by atoms with van der Waals surface area (Å²) in [5.41, 5.74) is 0.665. The fraction of sp³-hybridized carbons (Fsp3) is 0.500. The van der Waals surface area contributed by atoms with Crippen molar-refractivity contribution in [3.8, 4) is 0 Å². The molecular formula is C16H16O3. The van der Waals surface area contributed by atoms with Gasteiger partial charge in [-0.3, -0.25) is 9.59 Å². The lowest BCUT2D eigenvalue weighted by Gasteiger charge is -2.34. The van der Waals surface area contributed by atoms with Gasteiger partial charge in [0.25, 0.3) is 0 Å². The summed E-state index contributed by atoms with van der Waals surface area (Å²) < 4.78 is 0. The Balaban J connectivity index is 1.97. The van der Waals surface area contributed by atoms with Crippen LogP contribution in [0.1, 0.15) is 24.8 Å². The quantitative estimate of drug-likeness (QED) is 0.828. The van der Waals surface area contributed by atoms with E-state index in [4.69, 9.17) is 0 Å². The van der Waals surface area contributed by atoms with Gasteiger partial charge in [-0.15, -0.1) is 0 Å². The van der Waals surface area contributed by atoms with E-state index in [1.165, 1.54) is 0 Å². The third-order valence-electron chi connectivity index (χ3n) is 5.53. The third kappa shape index (κ3) is 1.17. The lowest BCUT2D eigenvalue weighted by atomic mass is 9.67. The number of benzene rings is 1. The number of aliphatic hydroxyl groups is 1. The standard InChI is InChI=1S/C16H16O3/c17-12-6-10-7-13(18)15-14(19)8-11(12)16(10,15)9-4-2-1-3-5-9/h1-5,10-11,14-15,19H,6-8H2/t10-,11-,14?,15-,16+/m0/s1. The van der Waals surface area contributed by atoms with Gasteiger partial charge in [-0.2, -0.15) is 0 Å². The van der Waals surface area contributed by atoms with Gasteiger partial charge in [0.05, 0.1) is 12.0 Å². The van der Waals surface area contributed by atoms with Crippen molar-refractivity contribution >= 4 is 11.6 Å². The second-order valence-electron chi connectivity index (χ2n) is 6.17. The number of Topliss-reactive ketones (excluding diaryl/α,β-unsaturated/α-hetero) is 2. The smallest absolute Gasteiger partial charge is 0.139 e. The summed E-state index contributed by atoms with van der Waals surface area (Å²) in [4.78, 5) is 24.5. The van der Waals surface area contributed by atoms with E-state index in [-0.39, 0.29) is 29.3 Å². The number of hydrogen-bond donors (Lipinski definition) is 1. The first-order chi connectivity index (χ1) is 9.15. The van der Waals surface area contributed by atoms with E-state index in [1.807, 2.05) is 30.3 Å². The molecule has 3 nitrogen and oxygen atoms in total. The molecule has 4 rings (SSSR count). The van der Waals surface area contributed by atoms with Gasteiger partial charge in [-0.05, 0) is 17.9 Å². The van der Waals surface area contributed by atoms with Crippen LogP contribution in [0.4, 0.5) is 0 Å². The van der Waals surface area contributed by atoms with Crippen LogP contribution < -0.4 is 0 Å². The normalized spacial score (nSPS) is 43.8. The van der Waals surface area contributed by atoms with Crippen molar-refractivity contribution in [1.29, 1.82) is 0 Å². The van der Waals surface area contributed by atoms with Crippen molar-refractivity contribution in [1.82, 2.24) is 0 Å². The number of carbonyl (C=O) groups excluding carboxylic acids is 2. The third-order valence-corrected chi connectivity index (χ3v) is 5.53. The molecule has 0 heterocycles. The van der Waals surface area contributed by atoms with Crippen LogP contribution >= 0.6 is 0 Å². The van der Waals surface area contributed by atoms with E-state index in [9.17, 15) is 14.7 Å². The first kappa shape index (κ1) is 11.4. The summed E-state index contributed by atoms with van der Waals surface area (Å²) in [6, 6.07) is 9.89. The molecule has 0 radical (unpaired) electrons. The number of carbonyl (C=O) groups is 2. The van der Waals surface area contributed by atoms with Crippen molar-refractivity contribution in [3.05, 3.63) is 35.9 Å². The van der Waals surface area contributed by atoms with Gasteiger partial charge in [-0.25, -0.2) is 0 Å². The molecule has 0 aliphatic heterocycles. The summed E-state index contributed by atoms with van der Waals surface area (Å²) >= 11 is 0. The number of rotatable bonds is 1. The van der Waals surface area contributed by atoms with Gasteiger partial charge in [0, 0.05) is 24.2 Å². The van der Waals surface area contributed by atoms with Crippen LogP contribution in [0.3, 0.4) is 0 Å². The maximum atomic E-state index is 12.3. The van der Waals surface area contributed by atoms with E-state index < -0.39 is 11.5 Å². The zero-order valence-corrected chi connectivity index (χ0v) is 10.6. The zero-order chi connectivity index (χ0) is 13.2. The molecule has 3 saturated carbocycles. The molecule has 98 valence electrons. The molecule has 3 heteroatoms. The molecule has 1 aromatic carbocycles. The number of hydrogen-bond acceptors (Lipinski definition) is 3. The first-order valence-corrected chi connectivity index (χ1v) is 6.94. The van der Waals surface area contributed by atoms with Crippen LogP contribution in [0.2, 0.25) is 0 Å². The van der Waals surface area contributed by atoms with Gasteiger partial charge >= 0.3 is 0 Å². The average Bonchev–Trinajstić information content (AvgIpc) is 2.96. The van der Waals surface area contributed by atoms with E-state index >= 15 is 0 Å². The highest BCUT2D eigenvalue weighted by Crippen LogP contribution is 2.65. The van der Waals surface area contributed by atoms with Crippen LogP contribution in [-0.2, 0) is 15.0 Å². The molecule has 3 aliphatic carbocycles. The molecular weight excluding hydrogens is 240 g/mol. The van der Waals surface area contributed by atoms with Crippen molar-refractivity contribution < 1.29 is 14.7 Å². The fourth-order valence-corrected chi connectivity index (χ4v) is 5.03. The second-order valence-corrected chi connectivity index (χ2v) is 6.17. The van der Waals surface area contributed by atoms with E-state index in [0.717, 1.165) is 5.56 Å². The van der Waals surface area contributed by atoms with Crippen LogP contribution in [0.15, 0.2) is 30.3 Å². The summed E-state index contributed by atoms with van der Waals surface area (Å²) in [5, 5.41) is 10.3. The van der Waals surface area contributed by atoms with Crippen molar-refractivity contribution in [3.63, 3.8) is 0 Å². The van der Waals surface area contributed by atoms with Gasteiger partial charge in [0.2, 0.25) is 0 Å². The van der Waals surface area contributed by atoms with E-state index in [0.29, 0.717) is 19.3 Å². The molecule has 0 saturated heterocycles. The van der Waals surface area contributed by atoms with E-state index in [1.54, 1.807) is 0 Å². The Labute approximate surface area is 111 Å². The second kappa shape index (κ2) is 3.54. The molecule has 1 aromatic rings. The molecule has 0 amide bonds. The van der Waals surface area contributed by atoms with Gasteiger partial charge < -0.3 is 5.11 Å². The Kier molecular flexibility index (Phi) is 2.12. The first-order valence-electron chi connectivity index (χ1n) is 6.94. The lowest BCUT2D eigenvalue weighted by molar-refractivity contribution is -0.124. The molecule has 19 heavy (non-hydrogen) atoms. The van der Waals surface area contributed by atoms with Crippen molar-refractivity contribution in [2.45, 2.75) is 30.8 Å². The molecule has 0 bridgehead atoms. The molecule has 0 spiro atoms. The molecule has 3 aliphatic rings. The highest BCUT2D eigenvalue weighted by molar-refractivity contribution is 5.96. The number of ketones is 2.